The molecule has 1 aromatic rings. The van der Waals surface area contributed by atoms with Crippen LogP contribution < -0.4 is 10.5 Å². The monoisotopic (exact) mass is 302 g/mol. The van der Waals surface area contributed by atoms with E-state index in [1.165, 1.54) is 24.5 Å². The molecule has 0 aliphatic carbocycles. The van der Waals surface area contributed by atoms with Crippen molar-refractivity contribution in [3.8, 4) is 5.75 Å². The van der Waals surface area contributed by atoms with Gasteiger partial charge in [-0.2, -0.15) is 0 Å². The number of carbonyl (C=O) groups is 1. The Kier molecular flexibility index (Phi) is 5.91. The standard InChI is InChI=1S/C11H14N2O6S/c1-20(17)7-8-6-9(13(15)16)2-3-10(8)18-4-5-19-11(12)14/h2-3,6H,4-5,7H2,1H3,(H2,12,14). The molecular formula is C11H14N2O6S. The molecule has 0 spiro atoms. The van der Waals surface area contributed by atoms with Gasteiger partial charge in [-0.05, 0) is 6.07 Å². The van der Waals surface area contributed by atoms with Gasteiger partial charge < -0.3 is 15.2 Å². The van der Waals surface area contributed by atoms with Gasteiger partial charge in [0.2, 0.25) is 0 Å². The largest absolute Gasteiger partial charge is 0.490 e. The van der Waals surface area contributed by atoms with Crippen LogP contribution in [0.1, 0.15) is 5.56 Å². The molecule has 0 bridgehead atoms. The van der Waals surface area contributed by atoms with E-state index < -0.39 is 21.8 Å². The Hall–Kier alpha value is -2.16. The zero-order chi connectivity index (χ0) is 15.1. The van der Waals surface area contributed by atoms with Crippen molar-refractivity contribution in [3.05, 3.63) is 33.9 Å². The van der Waals surface area contributed by atoms with E-state index in [-0.39, 0.29) is 24.7 Å². The molecule has 0 fully saturated rings. The predicted molar refractivity (Wildman–Crippen MR) is 71.9 cm³/mol. The predicted octanol–water partition coefficient (Wildman–Crippen LogP) is 0.947. The first kappa shape index (κ1) is 15.9. The lowest BCUT2D eigenvalue weighted by Gasteiger charge is -2.10. The topological polar surface area (TPSA) is 122 Å². The number of carbonyl (C=O) groups excluding carboxylic acids is 1. The molecule has 0 heterocycles. The number of nitrogens with zero attached hydrogens (tertiary/aromatic N) is 1. The molecule has 1 atom stereocenters. The first-order chi connectivity index (χ1) is 9.40. The number of ether oxygens (including phenoxy) is 2. The van der Waals surface area contributed by atoms with E-state index in [2.05, 4.69) is 4.74 Å². The Bertz CT molecular complexity index is 534. The van der Waals surface area contributed by atoms with Gasteiger partial charge in [0, 0.05) is 34.8 Å². The van der Waals surface area contributed by atoms with Crippen molar-refractivity contribution in [2.75, 3.05) is 19.5 Å². The number of hydrogen-bond acceptors (Lipinski definition) is 6. The molecule has 110 valence electrons. The van der Waals surface area contributed by atoms with E-state index in [0.29, 0.717) is 11.3 Å². The molecule has 1 unspecified atom stereocenters. The van der Waals surface area contributed by atoms with E-state index >= 15 is 0 Å². The lowest BCUT2D eigenvalue weighted by atomic mass is 10.2. The first-order valence-corrected chi connectivity index (χ1v) is 7.25. The summed E-state index contributed by atoms with van der Waals surface area (Å²) in [6, 6.07) is 4.02. The van der Waals surface area contributed by atoms with Gasteiger partial charge in [0.1, 0.15) is 19.0 Å². The van der Waals surface area contributed by atoms with Crippen molar-refractivity contribution in [2.24, 2.45) is 5.73 Å². The molecule has 1 rings (SSSR count). The Morgan fingerprint density at radius 1 is 1.45 bits per heavy atom. The minimum atomic E-state index is -1.17. The summed E-state index contributed by atoms with van der Waals surface area (Å²) in [6.07, 6.45) is 0.575. The van der Waals surface area contributed by atoms with E-state index in [4.69, 9.17) is 10.5 Å². The van der Waals surface area contributed by atoms with Crippen LogP contribution in [0.3, 0.4) is 0 Å². The maximum Gasteiger partial charge on any atom is 0.404 e. The van der Waals surface area contributed by atoms with Crippen molar-refractivity contribution >= 4 is 22.6 Å². The smallest absolute Gasteiger partial charge is 0.404 e. The Morgan fingerprint density at radius 3 is 2.70 bits per heavy atom. The van der Waals surface area contributed by atoms with Gasteiger partial charge in [-0.15, -0.1) is 0 Å². The SMILES string of the molecule is CS(=O)Cc1cc([N+](=O)[O-])ccc1OCCOC(N)=O. The highest BCUT2D eigenvalue weighted by atomic mass is 32.2. The van der Waals surface area contributed by atoms with E-state index in [1.54, 1.807) is 0 Å². The number of primary amides is 1. The molecule has 0 saturated carbocycles. The van der Waals surface area contributed by atoms with E-state index in [9.17, 15) is 19.1 Å². The first-order valence-electron chi connectivity index (χ1n) is 5.52. The second kappa shape index (κ2) is 7.43. The Labute approximate surface area is 117 Å². The number of nitrogens with two attached hydrogens (primary N) is 1. The average Bonchev–Trinajstić information content (AvgIpc) is 2.34. The number of benzene rings is 1. The summed E-state index contributed by atoms with van der Waals surface area (Å²) in [7, 11) is -1.17. The summed E-state index contributed by atoms with van der Waals surface area (Å²) in [5, 5.41) is 10.7. The number of nitro benzene ring substituents is 1. The van der Waals surface area contributed by atoms with Gasteiger partial charge >= 0.3 is 6.09 Å². The van der Waals surface area contributed by atoms with Crippen molar-refractivity contribution in [3.63, 3.8) is 0 Å². The van der Waals surface area contributed by atoms with Gasteiger partial charge in [0.15, 0.2) is 0 Å². The summed E-state index contributed by atoms with van der Waals surface area (Å²) in [6.45, 7) is 0.00504. The number of hydrogen-bond donors (Lipinski definition) is 1. The lowest BCUT2D eigenvalue weighted by Crippen LogP contribution is -2.17. The average molecular weight is 302 g/mol. The second-order valence-electron chi connectivity index (χ2n) is 3.78. The van der Waals surface area contributed by atoms with Crippen molar-refractivity contribution in [1.82, 2.24) is 0 Å². The molecule has 20 heavy (non-hydrogen) atoms. The van der Waals surface area contributed by atoms with Crippen molar-refractivity contribution < 1.29 is 23.4 Å². The van der Waals surface area contributed by atoms with Gasteiger partial charge in [-0.3, -0.25) is 14.3 Å². The van der Waals surface area contributed by atoms with Crippen LogP contribution in [0.4, 0.5) is 10.5 Å². The molecule has 0 radical (unpaired) electrons. The van der Waals surface area contributed by atoms with Gasteiger partial charge in [-0.25, -0.2) is 4.79 Å². The van der Waals surface area contributed by atoms with Crippen LogP contribution in [0, 0.1) is 10.1 Å². The zero-order valence-corrected chi connectivity index (χ0v) is 11.6. The minimum Gasteiger partial charge on any atom is -0.490 e. The van der Waals surface area contributed by atoms with Gasteiger partial charge in [0.05, 0.1) is 10.7 Å². The Balaban J connectivity index is 2.79. The molecule has 2 N–H and O–H groups in total. The summed E-state index contributed by atoms with van der Waals surface area (Å²) in [4.78, 5) is 20.5. The third kappa shape index (κ3) is 5.22. The molecular weight excluding hydrogens is 288 g/mol. The highest BCUT2D eigenvalue weighted by Gasteiger charge is 2.13. The quantitative estimate of drug-likeness (QED) is 0.454. The van der Waals surface area contributed by atoms with Crippen molar-refractivity contribution in [2.45, 2.75) is 5.75 Å². The fourth-order valence-corrected chi connectivity index (χ4v) is 2.11. The van der Waals surface area contributed by atoms with Crippen LogP contribution in [-0.4, -0.2) is 34.7 Å². The highest BCUT2D eigenvalue weighted by molar-refractivity contribution is 7.83. The van der Waals surface area contributed by atoms with Crippen molar-refractivity contribution in [1.29, 1.82) is 0 Å². The summed E-state index contributed by atoms with van der Waals surface area (Å²) in [5.74, 6) is 0.493. The van der Waals surface area contributed by atoms with Crippen LogP contribution in [0.5, 0.6) is 5.75 Å². The minimum absolute atomic E-state index is 0.0407. The number of rotatable bonds is 7. The third-order valence-electron chi connectivity index (χ3n) is 2.20. The number of amides is 1. The number of nitro groups is 1. The third-order valence-corrected chi connectivity index (χ3v) is 2.92. The maximum absolute atomic E-state index is 11.3. The molecule has 0 aliphatic rings. The van der Waals surface area contributed by atoms with Gasteiger partial charge in [-0.1, -0.05) is 0 Å². The molecule has 0 aliphatic heterocycles. The highest BCUT2D eigenvalue weighted by Crippen LogP contribution is 2.25. The molecule has 8 nitrogen and oxygen atoms in total. The van der Waals surface area contributed by atoms with E-state index in [0.717, 1.165) is 0 Å². The van der Waals surface area contributed by atoms with Crippen LogP contribution >= 0.6 is 0 Å². The molecule has 0 saturated heterocycles. The fraction of sp³-hybridized carbons (Fsp3) is 0.364. The second-order valence-corrected chi connectivity index (χ2v) is 5.22. The molecule has 0 aromatic heterocycles. The molecule has 1 amide bonds. The van der Waals surface area contributed by atoms with Crippen LogP contribution in [0.25, 0.3) is 0 Å². The summed E-state index contributed by atoms with van der Waals surface area (Å²) >= 11 is 0. The Morgan fingerprint density at radius 2 is 2.15 bits per heavy atom. The normalized spacial score (nSPS) is 11.7. The maximum atomic E-state index is 11.3. The van der Waals surface area contributed by atoms with Crippen LogP contribution in [0.15, 0.2) is 18.2 Å². The van der Waals surface area contributed by atoms with Crippen LogP contribution in [-0.2, 0) is 21.3 Å². The number of non-ortho nitro benzene ring substituents is 1. The summed E-state index contributed by atoms with van der Waals surface area (Å²) < 4.78 is 21.1. The molecule has 1 aromatic carbocycles. The van der Waals surface area contributed by atoms with Crippen LogP contribution in [0.2, 0.25) is 0 Å². The lowest BCUT2D eigenvalue weighted by molar-refractivity contribution is -0.384. The fourth-order valence-electron chi connectivity index (χ4n) is 1.45. The van der Waals surface area contributed by atoms with E-state index in [1.807, 2.05) is 0 Å². The van der Waals surface area contributed by atoms with Gasteiger partial charge in [0.25, 0.3) is 5.69 Å². The zero-order valence-electron chi connectivity index (χ0n) is 10.7. The molecule has 9 heteroatoms. The summed E-state index contributed by atoms with van der Waals surface area (Å²) in [5.41, 5.74) is 5.14.